The van der Waals surface area contributed by atoms with E-state index in [0.29, 0.717) is 23.8 Å². The first-order chi connectivity index (χ1) is 11.0. The van der Waals surface area contributed by atoms with Gasteiger partial charge in [-0.2, -0.15) is 0 Å². The van der Waals surface area contributed by atoms with Crippen molar-refractivity contribution in [2.45, 2.75) is 24.2 Å². The number of rotatable bonds is 7. The van der Waals surface area contributed by atoms with Crippen molar-refractivity contribution in [3.05, 3.63) is 12.1 Å². The molecule has 1 saturated heterocycles. The van der Waals surface area contributed by atoms with Crippen LogP contribution in [-0.4, -0.2) is 60.0 Å². The summed E-state index contributed by atoms with van der Waals surface area (Å²) in [5.74, 6) is 1.18. The Balaban J connectivity index is 2.21. The van der Waals surface area contributed by atoms with Gasteiger partial charge in [-0.3, -0.25) is 0 Å². The maximum absolute atomic E-state index is 12.6. The molecule has 0 atom stereocenters. The molecule has 130 valence electrons. The quantitative estimate of drug-likeness (QED) is 0.754. The number of hydrogen-bond donors (Lipinski definition) is 0. The summed E-state index contributed by atoms with van der Waals surface area (Å²) in [7, 11) is 1.03. The molecular formula is C16H25NO5S. The van der Waals surface area contributed by atoms with E-state index < -0.39 is 9.84 Å². The first-order valence-corrected chi connectivity index (χ1v) is 9.42. The molecule has 1 heterocycles. The van der Waals surface area contributed by atoms with E-state index in [1.54, 1.807) is 0 Å². The highest BCUT2D eigenvalue weighted by atomic mass is 32.2. The molecule has 2 rings (SSSR count). The Bertz CT molecular complexity index is 598. The molecule has 23 heavy (non-hydrogen) atoms. The van der Waals surface area contributed by atoms with Crippen LogP contribution < -0.4 is 14.2 Å². The lowest BCUT2D eigenvalue weighted by Gasteiger charge is -2.26. The highest BCUT2D eigenvalue weighted by Gasteiger charge is 2.22. The number of piperidine rings is 1. The Labute approximate surface area is 138 Å². The summed E-state index contributed by atoms with van der Waals surface area (Å²) in [6, 6.07) is 2.99. The molecule has 6 nitrogen and oxygen atoms in total. The number of likely N-dealkylation sites (tertiary alicyclic amines) is 1. The summed E-state index contributed by atoms with van der Waals surface area (Å²) in [6.45, 7) is 2.51. The van der Waals surface area contributed by atoms with Gasteiger partial charge in [0.05, 0.1) is 32.0 Å². The molecule has 0 radical (unpaired) electrons. The average molecular weight is 343 g/mol. The second kappa shape index (κ2) is 7.88. The number of sulfone groups is 1. The maximum atomic E-state index is 12.6. The molecule has 1 aromatic rings. The van der Waals surface area contributed by atoms with Crippen LogP contribution >= 0.6 is 0 Å². The zero-order valence-corrected chi connectivity index (χ0v) is 14.8. The van der Waals surface area contributed by atoms with Crippen molar-refractivity contribution in [3.8, 4) is 17.2 Å². The van der Waals surface area contributed by atoms with E-state index in [4.69, 9.17) is 14.2 Å². The maximum Gasteiger partial charge on any atom is 0.203 e. The predicted molar refractivity (Wildman–Crippen MR) is 88.4 cm³/mol. The monoisotopic (exact) mass is 343 g/mol. The summed E-state index contributed by atoms with van der Waals surface area (Å²) in [6.07, 6.45) is 3.52. The third-order valence-electron chi connectivity index (χ3n) is 4.12. The van der Waals surface area contributed by atoms with Crippen LogP contribution in [0.5, 0.6) is 17.2 Å². The van der Waals surface area contributed by atoms with Gasteiger partial charge in [0.15, 0.2) is 21.3 Å². The molecule has 1 aliphatic rings. The van der Waals surface area contributed by atoms with E-state index in [2.05, 4.69) is 4.90 Å². The Morgan fingerprint density at radius 2 is 1.52 bits per heavy atom. The van der Waals surface area contributed by atoms with Gasteiger partial charge in [0, 0.05) is 18.7 Å². The van der Waals surface area contributed by atoms with Crippen molar-refractivity contribution in [2.75, 3.05) is 46.7 Å². The minimum atomic E-state index is -3.41. The van der Waals surface area contributed by atoms with Gasteiger partial charge in [0.1, 0.15) is 0 Å². The van der Waals surface area contributed by atoms with Crippen LogP contribution in [0.3, 0.4) is 0 Å². The van der Waals surface area contributed by atoms with Gasteiger partial charge in [0.2, 0.25) is 5.75 Å². The fourth-order valence-corrected chi connectivity index (χ4v) is 4.09. The first-order valence-electron chi connectivity index (χ1n) is 7.77. The van der Waals surface area contributed by atoms with E-state index in [-0.39, 0.29) is 10.6 Å². The molecular weight excluding hydrogens is 318 g/mol. The molecule has 0 aromatic heterocycles. The van der Waals surface area contributed by atoms with Crippen molar-refractivity contribution in [2.24, 2.45) is 0 Å². The van der Waals surface area contributed by atoms with Crippen molar-refractivity contribution in [1.82, 2.24) is 4.90 Å². The molecule has 0 unspecified atom stereocenters. The minimum Gasteiger partial charge on any atom is -0.493 e. The second-order valence-corrected chi connectivity index (χ2v) is 7.69. The lowest BCUT2D eigenvalue weighted by atomic mass is 10.1. The van der Waals surface area contributed by atoms with Gasteiger partial charge in [-0.1, -0.05) is 6.42 Å². The third kappa shape index (κ3) is 4.29. The van der Waals surface area contributed by atoms with Gasteiger partial charge >= 0.3 is 0 Å². The summed E-state index contributed by atoms with van der Waals surface area (Å²) in [5, 5.41) is 0. The van der Waals surface area contributed by atoms with Crippen LogP contribution in [0.2, 0.25) is 0 Å². The summed E-state index contributed by atoms with van der Waals surface area (Å²) >= 11 is 0. The molecule has 1 aromatic carbocycles. The average Bonchev–Trinajstić information content (AvgIpc) is 2.59. The number of ether oxygens (including phenoxy) is 3. The smallest absolute Gasteiger partial charge is 0.203 e. The highest BCUT2D eigenvalue weighted by molar-refractivity contribution is 7.91. The van der Waals surface area contributed by atoms with Crippen LogP contribution in [0.4, 0.5) is 0 Å². The zero-order chi connectivity index (χ0) is 16.9. The number of methoxy groups -OCH3 is 3. The van der Waals surface area contributed by atoms with Crippen molar-refractivity contribution in [1.29, 1.82) is 0 Å². The van der Waals surface area contributed by atoms with Crippen LogP contribution in [-0.2, 0) is 9.84 Å². The third-order valence-corrected chi connectivity index (χ3v) is 5.80. The van der Waals surface area contributed by atoms with Gasteiger partial charge in [-0.25, -0.2) is 8.42 Å². The molecule has 0 spiro atoms. The van der Waals surface area contributed by atoms with E-state index >= 15 is 0 Å². The molecule has 1 aliphatic heterocycles. The zero-order valence-electron chi connectivity index (χ0n) is 14.0. The van der Waals surface area contributed by atoms with Crippen LogP contribution in [0.1, 0.15) is 19.3 Å². The SMILES string of the molecule is COc1cc(S(=O)(=O)CCN2CCCCC2)cc(OC)c1OC. The van der Waals surface area contributed by atoms with Crippen LogP contribution in [0.15, 0.2) is 17.0 Å². The Hall–Kier alpha value is -1.47. The van der Waals surface area contributed by atoms with E-state index in [1.165, 1.54) is 39.9 Å². The number of nitrogens with zero attached hydrogens (tertiary/aromatic N) is 1. The topological polar surface area (TPSA) is 65.1 Å². The van der Waals surface area contributed by atoms with Crippen LogP contribution in [0.25, 0.3) is 0 Å². The van der Waals surface area contributed by atoms with Crippen molar-refractivity contribution >= 4 is 9.84 Å². The summed E-state index contributed by atoms with van der Waals surface area (Å²) in [4.78, 5) is 2.41. The molecule has 0 bridgehead atoms. The van der Waals surface area contributed by atoms with Gasteiger partial charge in [-0.05, 0) is 25.9 Å². The predicted octanol–water partition coefficient (Wildman–Crippen LogP) is 1.97. The van der Waals surface area contributed by atoms with Crippen molar-refractivity contribution < 1.29 is 22.6 Å². The largest absolute Gasteiger partial charge is 0.493 e. The first kappa shape index (κ1) is 17.9. The fourth-order valence-electron chi connectivity index (χ4n) is 2.79. The Kier molecular flexibility index (Phi) is 6.12. The fraction of sp³-hybridized carbons (Fsp3) is 0.625. The van der Waals surface area contributed by atoms with E-state index in [1.807, 2.05) is 0 Å². The number of benzene rings is 1. The molecule has 1 fully saturated rings. The molecule has 0 N–H and O–H groups in total. The Morgan fingerprint density at radius 1 is 0.957 bits per heavy atom. The lowest BCUT2D eigenvalue weighted by Crippen LogP contribution is -2.33. The lowest BCUT2D eigenvalue weighted by molar-refractivity contribution is 0.241. The van der Waals surface area contributed by atoms with Gasteiger partial charge in [-0.15, -0.1) is 0 Å². The molecule has 0 aliphatic carbocycles. The summed E-state index contributed by atoms with van der Waals surface area (Å²) in [5.41, 5.74) is 0. The Morgan fingerprint density at radius 3 is 2.00 bits per heavy atom. The van der Waals surface area contributed by atoms with E-state index in [9.17, 15) is 8.42 Å². The van der Waals surface area contributed by atoms with Crippen molar-refractivity contribution in [3.63, 3.8) is 0 Å². The molecule has 0 amide bonds. The number of hydrogen-bond acceptors (Lipinski definition) is 6. The van der Waals surface area contributed by atoms with Gasteiger partial charge in [0.25, 0.3) is 0 Å². The summed E-state index contributed by atoms with van der Waals surface area (Å²) < 4.78 is 41.0. The normalized spacial score (nSPS) is 16.1. The van der Waals surface area contributed by atoms with Gasteiger partial charge < -0.3 is 19.1 Å². The molecule has 7 heteroatoms. The second-order valence-electron chi connectivity index (χ2n) is 5.58. The highest BCUT2D eigenvalue weighted by Crippen LogP contribution is 2.39. The minimum absolute atomic E-state index is 0.0889. The van der Waals surface area contributed by atoms with E-state index in [0.717, 1.165) is 25.9 Å². The molecule has 0 saturated carbocycles. The standard InChI is InChI=1S/C16H25NO5S/c1-20-14-11-13(12-15(21-2)16(14)22-3)23(18,19)10-9-17-7-5-4-6-8-17/h11-12H,4-10H2,1-3H3. The van der Waals surface area contributed by atoms with Crippen LogP contribution in [0, 0.1) is 0 Å².